The van der Waals surface area contributed by atoms with E-state index in [0.717, 1.165) is 26.7 Å². The van der Waals surface area contributed by atoms with E-state index in [1.807, 2.05) is 63.2 Å². The van der Waals surface area contributed by atoms with E-state index >= 15 is 0 Å². The summed E-state index contributed by atoms with van der Waals surface area (Å²) in [6, 6.07) is 13.9. The number of hydrogen-bond donors (Lipinski definition) is 1. The van der Waals surface area contributed by atoms with Crippen LogP contribution in [0.15, 0.2) is 46.9 Å². The normalized spacial score (nSPS) is 12.0. The highest BCUT2D eigenvalue weighted by Crippen LogP contribution is 2.18. The van der Waals surface area contributed by atoms with Gasteiger partial charge in [-0.2, -0.15) is 0 Å². The molecule has 0 fully saturated rings. The van der Waals surface area contributed by atoms with Gasteiger partial charge in [0.1, 0.15) is 0 Å². The monoisotopic (exact) mass is 331 g/mol. The third-order valence-corrected chi connectivity index (χ3v) is 3.88. The van der Waals surface area contributed by atoms with Gasteiger partial charge >= 0.3 is 0 Å². The molecule has 0 spiro atoms. The van der Waals surface area contributed by atoms with Crippen molar-refractivity contribution in [1.82, 2.24) is 5.32 Å². The minimum absolute atomic E-state index is 0.0180. The van der Waals surface area contributed by atoms with E-state index in [2.05, 4.69) is 21.2 Å². The van der Waals surface area contributed by atoms with Gasteiger partial charge in [0, 0.05) is 10.0 Å². The maximum atomic E-state index is 12.3. The van der Waals surface area contributed by atoms with Gasteiger partial charge in [0.05, 0.1) is 6.04 Å². The minimum Gasteiger partial charge on any atom is -0.346 e. The van der Waals surface area contributed by atoms with Crippen LogP contribution in [0.5, 0.6) is 0 Å². The fraction of sp³-hybridized carbons (Fsp3) is 0.235. The van der Waals surface area contributed by atoms with Gasteiger partial charge in [-0.15, -0.1) is 0 Å². The average molecular weight is 332 g/mol. The predicted molar refractivity (Wildman–Crippen MR) is 85.9 cm³/mol. The lowest BCUT2D eigenvalue weighted by Crippen LogP contribution is -2.27. The van der Waals surface area contributed by atoms with E-state index in [-0.39, 0.29) is 11.9 Å². The van der Waals surface area contributed by atoms with Gasteiger partial charge in [-0.25, -0.2) is 0 Å². The molecule has 0 radical (unpaired) electrons. The second kappa shape index (κ2) is 6.23. The van der Waals surface area contributed by atoms with Crippen LogP contribution in [0.3, 0.4) is 0 Å². The van der Waals surface area contributed by atoms with Gasteiger partial charge < -0.3 is 5.32 Å². The zero-order valence-corrected chi connectivity index (χ0v) is 13.5. The van der Waals surface area contributed by atoms with E-state index in [1.54, 1.807) is 0 Å². The first-order chi connectivity index (χ1) is 9.47. The van der Waals surface area contributed by atoms with E-state index < -0.39 is 0 Å². The molecule has 2 aromatic rings. The van der Waals surface area contributed by atoms with Crippen LogP contribution >= 0.6 is 15.9 Å². The van der Waals surface area contributed by atoms with Crippen molar-refractivity contribution in [2.45, 2.75) is 26.8 Å². The van der Waals surface area contributed by atoms with Crippen LogP contribution in [-0.2, 0) is 0 Å². The Balaban J connectivity index is 2.15. The standard InChI is InChI=1S/C17H18BrNO/c1-11-4-5-12(2)16(10-11)17(20)19-13(3)14-6-8-15(18)9-7-14/h4-10,13H,1-3H3,(H,19,20)/t13-/m1/s1. The molecule has 0 saturated heterocycles. The van der Waals surface area contributed by atoms with Crippen LogP contribution in [0, 0.1) is 13.8 Å². The molecule has 0 unspecified atom stereocenters. The Hall–Kier alpha value is -1.61. The Bertz CT molecular complexity index is 619. The molecule has 0 bridgehead atoms. The maximum Gasteiger partial charge on any atom is 0.252 e. The van der Waals surface area contributed by atoms with Crippen LogP contribution < -0.4 is 5.32 Å². The Morgan fingerprint density at radius 3 is 2.40 bits per heavy atom. The molecule has 1 N–H and O–H groups in total. The van der Waals surface area contributed by atoms with Crippen molar-refractivity contribution in [3.05, 3.63) is 69.2 Å². The average Bonchev–Trinajstić information content (AvgIpc) is 2.42. The number of hydrogen-bond acceptors (Lipinski definition) is 1. The summed E-state index contributed by atoms with van der Waals surface area (Å²) in [5, 5.41) is 3.05. The molecule has 0 saturated carbocycles. The number of carbonyl (C=O) groups is 1. The Morgan fingerprint density at radius 2 is 1.75 bits per heavy atom. The fourth-order valence-electron chi connectivity index (χ4n) is 2.09. The summed E-state index contributed by atoms with van der Waals surface area (Å²) in [6.45, 7) is 5.94. The van der Waals surface area contributed by atoms with Crippen molar-refractivity contribution in [1.29, 1.82) is 0 Å². The summed E-state index contributed by atoms with van der Waals surface area (Å²) >= 11 is 3.41. The largest absolute Gasteiger partial charge is 0.346 e. The van der Waals surface area contributed by atoms with E-state index in [4.69, 9.17) is 0 Å². The number of nitrogens with one attached hydrogen (secondary N) is 1. The molecule has 2 aromatic carbocycles. The molecule has 2 nitrogen and oxygen atoms in total. The SMILES string of the molecule is Cc1ccc(C)c(C(=O)N[C@H](C)c2ccc(Br)cc2)c1. The first-order valence-corrected chi connectivity index (χ1v) is 7.40. The molecule has 0 aliphatic heterocycles. The number of benzene rings is 2. The van der Waals surface area contributed by atoms with Crippen LogP contribution in [-0.4, -0.2) is 5.91 Å². The molecule has 0 aliphatic rings. The second-order valence-corrected chi connectivity index (χ2v) is 5.98. The first-order valence-electron chi connectivity index (χ1n) is 6.61. The number of halogens is 1. The number of carbonyl (C=O) groups excluding carboxylic acids is 1. The zero-order chi connectivity index (χ0) is 14.7. The Kier molecular flexibility index (Phi) is 4.61. The molecular weight excluding hydrogens is 314 g/mol. The molecule has 20 heavy (non-hydrogen) atoms. The molecule has 0 heterocycles. The molecule has 3 heteroatoms. The van der Waals surface area contributed by atoms with Gasteiger partial charge in [0.2, 0.25) is 0 Å². The summed E-state index contributed by atoms with van der Waals surface area (Å²) in [7, 11) is 0. The third-order valence-electron chi connectivity index (χ3n) is 3.36. The van der Waals surface area contributed by atoms with Gasteiger partial charge in [-0.3, -0.25) is 4.79 Å². The van der Waals surface area contributed by atoms with Crippen LogP contribution in [0.4, 0.5) is 0 Å². The molecular formula is C17H18BrNO. The summed E-state index contributed by atoms with van der Waals surface area (Å²) in [5.74, 6) is -0.0263. The topological polar surface area (TPSA) is 29.1 Å². The fourth-order valence-corrected chi connectivity index (χ4v) is 2.35. The Labute approximate surface area is 128 Å². The lowest BCUT2D eigenvalue weighted by molar-refractivity contribution is 0.0939. The van der Waals surface area contributed by atoms with Gasteiger partial charge in [0.25, 0.3) is 5.91 Å². The van der Waals surface area contributed by atoms with E-state index in [9.17, 15) is 4.79 Å². The zero-order valence-electron chi connectivity index (χ0n) is 11.9. The molecule has 0 aromatic heterocycles. The van der Waals surface area contributed by atoms with Crippen LogP contribution in [0.25, 0.3) is 0 Å². The van der Waals surface area contributed by atoms with Crippen molar-refractivity contribution < 1.29 is 4.79 Å². The van der Waals surface area contributed by atoms with Gasteiger partial charge in [-0.05, 0) is 50.1 Å². The molecule has 2 rings (SSSR count). The third kappa shape index (κ3) is 3.48. The van der Waals surface area contributed by atoms with Gasteiger partial charge in [-0.1, -0.05) is 45.8 Å². The predicted octanol–water partition coefficient (Wildman–Crippen LogP) is 4.56. The lowest BCUT2D eigenvalue weighted by Gasteiger charge is -2.16. The van der Waals surface area contributed by atoms with Crippen molar-refractivity contribution in [2.24, 2.45) is 0 Å². The number of amides is 1. The van der Waals surface area contributed by atoms with Crippen molar-refractivity contribution >= 4 is 21.8 Å². The van der Waals surface area contributed by atoms with Crippen molar-refractivity contribution in [3.8, 4) is 0 Å². The maximum absolute atomic E-state index is 12.3. The van der Waals surface area contributed by atoms with E-state index in [1.165, 1.54) is 0 Å². The number of rotatable bonds is 3. The summed E-state index contributed by atoms with van der Waals surface area (Å²) in [4.78, 5) is 12.3. The summed E-state index contributed by atoms with van der Waals surface area (Å²) in [6.07, 6.45) is 0. The van der Waals surface area contributed by atoms with Crippen LogP contribution in [0.2, 0.25) is 0 Å². The highest BCUT2D eigenvalue weighted by Gasteiger charge is 2.13. The molecule has 1 atom stereocenters. The molecule has 104 valence electrons. The smallest absolute Gasteiger partial charge is 0.252 e. The highest BCUT2D eigenvalue weighted by atomic mass is 79.9. The van der Waals surface area contributed by atoms with Crippen molar-refractivity contribution in [2.75, 3.05) is 0 Å². The second-order valence-electron chi connectivity index (χ2n) is 5.07. The molecule has 0 aliphatic carbocycles. The lowest BCUT2D eigenvalue weighted by atomic mass is 10.0. The number of aryl methyl sites for hydroxylation is 2. The first kappa shape index (κ1) is 14.8. The summed E-state index contributed by atoms with van der Waals surface area (Å²) in [5.41, 5.74) is 3.92. The van der Waals surface area contributed by atoms with Crippen molar-refractivity contribution in [3.63, 3.8) is 0 Å². The molecule has 1 amide bonds. The highest BCUT2D eigenvalue weighted by molar-refractivity contribution is 9.10. The summed E-state index contributed by atoms with van der Waals surface area (Å²) < 4.78 is 1.04. The van der Waals surface area contributed by atoms with Gasteiger partial charge in [0.15, 0.2) is 0 Å². The van der Waals surface area contributed by atoms with Crippen LogP contribution in [0.1, 0.15) is 40.0 Å². The minimum atomic E-state index is -0.0263. The van der Waals surface area contributed by atoms with E-state index in [0.29, 0.717) is 0 Å². The Morgan fingerprint density at radius 1 is 1.10 bits per heavy atom. The quantitative estimate of drug-likeness (QED) is 0.877.